The lowest BCUT2D eigenvalue weighted by Crippen LogP contribution is -2.11. The molecule has 0 saturated carbocycles. The molecular formula is C14H10N2O3S2. The molecule has 0 bridgehead atoms. The number of nitrogens with one attached hydrogen (secondary N) is 1. The van der Waals surface area contributed by atoms with Crippen molar-refractivity contribution in [3.05, 3.63) is 46.3 Å². The van der Waals surface area contributed by atoms with Gasteiger partial charge in [0.2, 0.25) is 0 Å². The first-order valence-electron chi connectivity index (χ1n) is 6.07. The van der Waals surface area contributed by atoms with Gasteiger partial charge in [-0.1, -0.05) is 18.2 Å². The number of amides is 1. The third kappa shape index (κ3) is 2.93. The number of rotatable bonds is 4. The van der Waals surface area contributed by atoms with Gasteiger partial charge in [-0.2, -0.15) is 0 Å². The molecule has 5 nitrogen and oxygen atoms in total. The lowest BCUT2D eigenvalue weighted by Gasteiger charge is -2.00. The van der Waals surface area contributed by atoms with Crippen LogP contribution in [0.2, 0.25) is 0 Å². The molecule has 0 unspecified atom stereocenters. The summed E-state index contributed by atoms with van der Waals surface area (Å²) in [5.74, 6) is -1.18. The fourth-order valence-corrected chi connectivity index (χ4v) is 3.56. The van der Waals surface area contributed by atoms with Crippen molar-refractivity contribution in [1.82, 2.24) is 4.98 Å². The second kappa shape index (κ2) is 5.63. The molecule has 2 N–H and O–H groups in total. The van der Waals surface area contributed by atoms with Crippen LogP contribution in [0.25, 0.3) is 10.1 Å². The Balaban J connectivity index is 1.80. The number of carbonyl (C=O) groups excluding carboxylic acids is 1. The maximum absolute atomic E-state index is 12.3. The zero-order valence-electron chi connectivity index (χ0n) is 10.7. The molecule has 0 aliphatic heterocycles. The zero-order chi connectivity index (χ0) is 14.8. The molecule has 1 aromatic carbocycles. The predicted molar refractivity (Wildman–Crippen MR) is 83.2 cm³/mol. The van der Waals surface area contributed by atoms with Crippen molar-refractivity contribution in [2.45, 2.75) is 6.42 Å². The minimum absolute atomic E-state index is 0.145. The number of hydrogen-bond acceptors (Lipinski definition) is 5. The van der Waals surface area contributed by atoms with E-state index in [0.29, 0.717) is 16.4 Å². The molecule has 7 heteroatoms. The monoisotopic (exact) mass is 318 g/mol. The molecule has 0 aliphatic rings. The number of fused-ring (bicyclic) bond motifs is 1. The molecule has 0 atom stereocenters. The van der Waals surface area contributed by atoms with E-state index in [1.807, 2.05) is 29.6 Å². The van der Waals surface area contributed by atoms with Crippen LogP contribution < -0.4 is 5.32 Å². The van der Waals surface area contributed by atoms with E-state index < -0.39 is 5.97 Å². The molecule has 3 aromatic rings. The summed E-state index contributed by atoms with van der Waals surface area (Å²) in [6, 6.07) is 7.68. The third-order valence-electron chi connectivity index (χ3n) is 2.83. The summed E-state index contributed by atoms with van der Waals surface area (Å²) in [5, 5.41) is 16.2. The van der Waals surface area contributed by atoms with Gasteiger partial charge in [0.15, 0.2) is 5.13 Å². The van der Waals surface area contributed by atoms with Crippen molar-refractivity contribution in [2.75, 3.05) is 5.32 Å². The van der Waals surface area contributed by atoms with Crippen LogP contribution in [0, 0.1) is 0 Å². The van der Waals surface area contributed by atoms with Crippen molar-refractivity contribution in [3.8, 4) is 0 Å². The van der Waals surface area contributed by atoms with E-state index in [0.717, 1.165) is 10.1 Å². The summed E-state index contributed by atoms with van der Waals surface area (Å²) in [7, 11) is 0. The Morgan fingerprint density at radius 1 is 1.19 bits per heavy atom. The van der Waals surface area contributed by atoms with Crippen LogP contribution in [0.5, 0.6) is 0 Å². The number of carboxylic acid groups (broad SMARTS) is 1. The number of aliphatic carboxylic acids is 1. The minimum atomic E-state index is -0.943. The number of anilines is 1. The van der Waals surface area contributed by atoms with Gasteiger partial charge in [0.25, 0.3) is 5.91 Å². The first-order valence-corrected chi connectivity index (χ1v) is 7.83. The Bertz CT molecular complexity index is 822. The molecule has 0 radical (unpaired) electrons. The fraction of sp³-hybridized carbons (Fsp3) is 0.0714. The lowest BCUT2D eigenvalue weighted by molar-refractivity contribution is -0.136. The van der Waals surface area contributed by atoms with Gasteiger partial charge in [-0.3, -0.25) is 14.9 Å². The van der Waals surface area contributed by atoms with Gasteiger partial charge in [0.05, 0.1) is 17.7 Å². The van der Waals surface area contributed by atoms with E-state index in [1.54, 1.807) is 5.38 Å². The highest BCUT2D eigenvalue weighted by atomic mass is 32.1. The first-order chi connectivity index (χ1) is 10.1. The molecule has 2 aromatic heterocycles. The standard InChI is InChI=1S/C14H10N2O3S2/c17-12(18)5-8-6-21-14(15-8)16-13(19)10-7-20-11-4-2-1-3-9(10)11/h1-4,6-7H,5H2,(H,17,18)(H,15,16,19). The van der Waals surface area contributed by atoms with Crippen molar-refractivity contribution in [2.24, 2.45) is 0 Å². The van der Waals surface area contributed by atoms with Crippen LogP contribution in [-0.4, -0.2) is 22.0 Å². The van der Waals surface area contributed by atoms with E-state index >= 15 is 0 Å². The van der Waals surface area contributed by atoms with Crippen LogP contribution in [0.15, 0.2) is 35.0 Å². The molecular weight excluding hydrogens is 308 g/mol. The molecule has 3 rings (SSSR count). The van der Waals surface area contributed by atoms with Crippen LogP contribution in [0.1, 0.15) is 16.1 Å². The number of thiophene rings is 1. The van der Waals surface area contributed by atoms with E-state index in [9.17, 15) is 9.59 Å². The molecule has 0 saturated heterocycles. The van der Waals surface area contributed by atoms with E-state index in [-0.39, 0.29) is 12.3 Å². The summed E-state index contributed by atoms with van der Waals surface area (Å²) in [6.45, 7) is 0. The normalized spacial score (nSPS) is 10.7. The fourth-order valence-electron chi connectivity index (χ4n) is 1.92. The van der Waals surface area contributed by atoms with Gasteiger partial charge in [0.1, 0.15) is 0 Å². The molecule has 0 aliphatic carbocycles. The average Bonchev–Trinajstić information content (AvgIpc) is 3.04. The van der Waals surface area contributed by atoms with Crippen LogP contribution in [-0.2, 0) is 11.2 Å². The highest BCUT2D eigenvalue weighted by Crippen LogP contribution is 2.26. The smallest absolute Gasteiger partial charge is 0.309 e. The number of nitrogens with zero attached hydrogens (tertiary/aromatic N) is 1. The molecule has 0 spiro atoms. The van der Waals surface area contributed by atoms with Gasteiger partial charge in [-0.05, 0) is 6.07 Å². The number of carbonyl (C=O) groups is 2. The Morgan fingerprint density at radius 3 is 2.81 bits per heavy atom. The van der Waals surface area contributed by atoms with Crippen molar-refractivity contribution in [1.29, 1.82) is 0 Å². The third-order valence-corrected chi connectivity index (χ3v) is 4.60. The molecule has 106 valence electrons. The maximum Gasteiger partial charge on any atom is 0.309 e. The highest BCUT2D eigenvalue weighted by molar-refractivity contribution is 7.17. The second-order valence-electron chi connectivity index (χ2n) is 4.31. The predicted octanol–water partition coefficient (Wildman–Crippen LogP) is 3.24. The summed E-state index contributed by atoms with van der Waals surface area (Å²) in [5.41, 5.74) is 1.04. The van der Waals surface area contributed by atoms with Crippen LogP contribution >= 0.6 is 22.7 Å². The number of thiazole rings is 1. The Kier molecular flexibility index (Phi) is 3.68. The zero-order valence-corrected chi connectivity index (χ0v) is 12.3. The van der Waals surface area contributed by atoms with Gasteiger partial charge in [-0.25, -0.2) is 4.98 Å². The first kappa shape index (κ1) is 13.7. The Labute approximate surface area is 127 Å². The molecule has 0 fully saturated rings. The number of carboxylic acids is 1. The quantitative estimate of drug-likeness (QED) is 0.774. The minimum Gasteiger partial charge on any atom is -0.481 e. The maximum atomic E-state index is 12.3. The number of aromatic nitrogens is 1. The van der Waals surface area contributed by atoms with E-state index in [1.165, 1.54) is 22.7 Å². The SMILES string of the molecule is O=C(O)Cc1csc(NC(=O)c2csc3ccccc23)n1. The summed E-state index contributed by atoms with van der Waals surface area (Å²) in [4.78, 5) is 27.0. The highest BCUT2D eigenvalue weighted by Gasteiger charge is 2.14. The van der Waals surface area contributed by atoms with E-state index in [4.69, 9.17) is 5.11 Å². The summed E-state index contributed by atoms with van der Waals surface area (Å²) >= 11 is 2.73. The van der Waals surface area contributed by atoms with Crippen LogP contribution in [0.4, 0.5) is 5.13 Å². The molecule has 21 heavy (non-hydrogen) atoms. The van der Waals surface area contributed by atoms with Gasteiger partial charge >= 0.3 is 5.97 Å². The van der Waals surface area contributed by atoms with E-state index in [2.05, 4.69) is 10.3 Å². The van der Waals surface area contributed by atoms with Crippen molar-refractivity contribution < 1.29 is 14.7 Å². The average molecular weight is 318 g/mol. The van der Waals surface area contributed by atoms with Crippen LogP contribution in [0.3, 0.4) is 0 Å². The second-order valence-corrected chi connectivity index (χ2v) is 6.08. The molecule has 2 heterocycles. The topological polar surface area (TPSA) is 79.3 Å². The lowest BCUT2D eigenvalue weighted by atomic mass is 10.2. The van der Waals surface area contributed by atoms with Gasteiger partial charge in [-0.15, -0.1) is 22.7 Å². The van der Waals surface area contributed by atoms with Crippen molar-refractivity contribution in [3.63, 3.8) is 0 Å². The molecule has 1 amide bonds. The van der Waals surface area contributed by atoms with Gasteiger partial charge < -0.3 is 5.11 Å². The summed E-state index contributed by atoms with van der Waals surface area (Å²) in [6.07, 6.45) is -0.145. The van der Waals surface area contributed by atoms with Crippen molar-refractivity contribution >= 4 is 49.8 Å². The largest absolute Gasteiger partial charge is 0.481 e. The Hall–Kier alpha value is -2.25. The van der Waals surface area contributed by atoms with Gasteiger partial charge in [0, 0.05) is 20.8 Å². The number of benzene rings is 1. The Morgan fingerprint density at radius 2 is 2.00 bits per heavy atom. The number of hydrogen-bond donors (Lipinski definition) is 2. The summed E-state index contributed by atoms with van der Waals surface area (Å²) < 4.78 is 1.05.